The van der Waals surface area contributed by atoms with Crippen molar-refractivity contribution in [1.29, 1.82) is 0 Å². The van der Waals surface area contributed by atoms with Crippen molar-refractivity contribution in [3.63, 3.8) is 0 Å². The maximum Gasteiger partial charge on any atom is 0.119 e. The average molecular weight is 233 g/mol. The van der Waals surface area contributed by atoms with Crippen molar-refractivity contribution < 1.29 is 4.74 Å². The van der Waals surface area contributed by atoms with Gasteiger partial charge in [-0.3, -0.25) is 0 Å². The molecular formula is C15H23NO. The highest BCUT2D eigenvalue weighted by molar-refractivity contribution is 5.54. The van der Waals surface area contributed by atoms with Gasteiger partial charge in [0.1, 0.15) is 5.75 Å². The molecule has 0 atom stereocenters. The molecule has 0 saturated heterocycles. The van der Waals surface area contributed by atoms with Gasteiger partial charge in [0.05, 0.1) is 7.11 Å². The third-order valence-electron chi connectivity index (χ3n) is 2.46. The summed E-state index contributed by atoms with van der Waals surface area (Å²) in [6, 6.07) is 8.11. The first-order valence-electron chi connectivity index (χ1n) is 6.13. The SMILES string of the molecule is COc1cccc(C=C(C)CNCC(C)C)c1. The van der Waals surface area contributed by atoms with Crippen molar-refractivity contribution in [1.82, 2.24) is 5.32 Å². The summed E-state index contributed by atoms with van der Waals surface area (Å²) in [5.41, 5.74) is 2.52. The van der Waals surface area contributed by atoms with Crippen LogP contribution in [0.3, 0.4) is 0 Å². The summed E-state index contributed by atoms with van der Waals surface area (Å²) >= 11 is 0. The van der Waals surface area contributed by atoms with Crippen LogP contribution >= 0.6 is 0 Å². The van der Waals surface area contributed by atoms with Crippen molar-refractivity contribution in [2.75, 3.05) is 20.2 Å². The number of rotatable bonds is 6. The van der Waals surface area contributed by atoms with Crippen LogP contribution in [0.15, 0.2) is 29.8 Å². The van der Waals surface area contributed by atoms with E-state index in [-0.39, 0.29) is 0 Å². The Labute approximate surface area is 105 Å². The van der Waals surface area contributed by atoms with Gasteiger partial charge in [-0.15, -0.1) is 0 Å². The normalized spacial score (nSPS) is 11.9. The minimum Gasteiger partial charge on any atom is -0.497 e. The van der Waals surface area contributed by atoms with E-state index in [4.69, 9.17) is 4.74 Å². The lowest BCUT2D eigenvalue weighted by Gasteiger charge is -2.08. The molecule has 94 valence electrons. The summed E-state index contributed by atoms with van der Waals surface area (Å²) in [6.45, 7) is 8.58. The number of nitrogens with one attached hydrogen (secondary N) is 1. The molecule has 0 saturated carbocycles. The Hall–Kier alpha value is -1.28. The van der Waals surface area contributed by atoms with Gasteiger partial charge in [-0.25, -0.2) is 0 Å². The highest BCUT2D eigenvalue weighted by atomic mass is 16.5. The van der Waals surface area contributed by atoms with Gasteiger partial charge in [0, 0.05) is 6.54 Å². The molecule has 1 rings (SSSR count). The number of benzene rings is 1. The van der Waals surface area contributed by atoms with E-state index >= 15 is 0 Å². The lowest BCUT2D eigenvalue weighted by molar-refractivity contribution is 0.414. The van der Waals surface area contributed by atoms with Gasteiger partial charge in [-0.05, 0) is 37.1 Å². The van der Waals surface area contributed by atoms with Crippen LogP contribution in [0.25, 0.3) is 6.08 Å². The molecule has 0 aromatic heterocycles. The van der Waals surface area contributed by atoms with E-state index in [1.54, 1.807) is 7.11 Å². The smallest absolute Gasteiger partial charge is 0.119 e. The third-order valence-corrected chi connectivity index (χ3v) is 2.46. The molecule has 2 nitrogen and oxygen atoms in total. The average Bonchev–Trinajstić information content (AvgIpc) is 2.28. The van der Waals surface area contributed by atoms with Gasteiger partial charge in [0.2, 0.25) is 0 Å². The predicted molar refractivity (Wildman–Crippen MR) is 74.4 cm³/mol. The minimum absolute atomic E-state index is 0.694. The quantitative estimate of drug-likeness (QED) is 0.813. The Balaban J connectivity index is 2.54. The maximum absolute atomic E-state index is 5.20. The fourth-order valence-electron chi connectivity index (χ4n) is 1.62. The molecule has 0 radical (unpaired) electrons. The van der Waals surface area contributed by atoms with E-state index in [9.17, 15) is 0 Å². The molecule has 1 N–H and O–H groups in total. The lowest BCUT2D eigenvalue weighted by atomic mass is 10.1. The van der Waals surface area contributed by atoms with Crippen LogP contribution in [-0.2, 0) is 0 Å². The summed E-state index contributed by atoms with van der Waals surface area (Å²) in [4.78, 5) is 0. The van der Waals surface area contributed by atoms with Crippen LogP contribution in [-0.4, -0.2) is 20.2 Å². The van der Waals surface area contributed by atoms with Crippen LogP contribution in [0.2, 0.25) is 0 Å². The number of ether oxygens (including phenoxy) is 1. The van der Waals surface area contributed by atoms with Crippen LogP contribution in [0, 0.1) is 5.92 Å². The van der Waals surface area contributed by atoms with Crippen LogP contribution in [0.5, 0.6) is 5.75 Å². The summed E-state index contributed by atoms with van der Waals surface area (Å²) in [5.74, 6) is 1.60. The Morgan fingerprint density at radius 1 is 1.41 bits per heavy atom. The Kier molecular flexibility index (Phi) is 5.78. The maximum atomic E-state index is 5.20. The van der Waals surface area contributed by atoms with E-state index in [1.165, 1.54) is 11.1 Å². The number of hydrogen-bond acceptors (Lipinski definition) is 2. The second-order valence-electron chi connectivity index (χ2n) is 4.79. The molecule has 0 unspecified atom stereocenters. The van der Waals surface area contributed by atoms with E-state index in [1.807, 2.05) is 18.2 Å². The molecule has 2 heteroatoms. The summed E-state index contributed by atoms with van der Waals surface area (Å²) in [5, 5.41) is 3.43. The standard InChI is InChI=1S/C15H23NO/c1-12(2)10-16-11-13(3)8-14-6-5-7-15(9-14)17-4/h5-9,12,16H,10-11H2,1-4H3. The van der Waals surface area contributed by atoms with Crippen molar-refractivity contribution in [2.45, 2.75) is 20.8 Å². The van der Waals surface area contributed by atoms with Gasteiger partial charge in [-0.2, -0.15) is 0 Å². The molecule has 0 aliphatic carbocycles. The zero-order valence-electron chi connectivity index (χ0n) is 11.3. The van der Waals surface area contributed by atoms with Gasteiger partial charge < -0.3 is 10.1 Å². The first-order valence-corrected chi connectivity index (χ1v) is 6.13. The summed E-state index contributed by atoms with van der Waals surface area (Å²) in [7, 11) is 1.69. The fraction of sp³-hybridized carbons (Fsp3) is 0.467. The van der Waals surface area contributed by atoms with Crippen LogP contribution < -0.4 is 10.1 Å². The van der Waals surface area contributed by atoms with Crippen molar-refractivity contribution in [2.24, 2.45) is 5.92 Å². The van der Waals surface area contributed by atoms with Gasteiger partial charge in [-0.1, -0.05) is 37.6 Å². The molecular weight excluding hydrogens is 210 g/mol. The molecule has 1 aromatic rings. The van der Waals surface area contributed by atoms with Crippen molar-refractivity contribution in [3.8, 4) is 5.75 Å². The van der Waals surface area contributed by atoms with E-state index in [2.05, 4.69) is 38.2 Å². The van der Waals surface area contributed by atoms with Crippen LogP contribution in [0.4, 0.5) is 0 Å². The minimum atomic E-state index is 0.694. The lowest BCUT2D eigenvalue weighted by Crippen LogP contribution is -2.21. The first kappa shape index (κ1) is 13.8. The molecule has 1 aromatic carbocycles. The largest absolute Gasteiger partial charge is 0.497 e. The Morgan fingerprint density at radius 2 is 2.18 bits per heavy atom. The molecule has 0 fully saturated rings. The van der Waals surface area contributed by atoms with Crippen LogP contribution in [0.1, 0.15) is 26.3 Å². The molecule has 0 aliphatic heterocycles. The second-order valence-corrected chi connectivity index (χ2v) is 4.79. The molecule has 0 spiro atoms. The Bertz CT molecular complexity index is 369. The molecule has 0 aliphatic rings. The first-order chi connectivity index (χ1) is 8.11. The van der Waals surface area contributed by atoms with Gasteiger partial charge >= 0.3 is 0 Å². The van der Waals surface area contributed by atoms with Crippen molar-refractivity contribution in [3.05, 3.63) is 35.4 Å². The van der Waals surface area contributed by atoms with Gasteiger partial charge in [0.25, 0.3) is 0 Å². The van der Waals surface area contributed by atoms with E-state index < -0.39 is 0 Å². The number of methoxy groups -OCH3 is 1. The highest BCUT2D eigenvalue weighted by Crippen LogP contribution is 2.14. The predicted octanol–water partition coefficient (Wildman–Crippen LogP) is 3.34. The summed E-state index contributed by atoms with van der Waals surface area (Å²) in [6.07, 6.45) is 2.19. The Morgan fingerprint density at radius 3 is 2.82 bits per heavy atom. The highest BCUT2D eigenvalue weighted by Gasteiger charge is 1.96. The molecule has 0 amide bonds. The molecule has 0 heterocycles. The topological polar surface area (TPSA) is 21.3 Å². The third kappa shape index (κ3) is 5.55. The molecule has 17 heavy (non-hydrogen) atoms. The van der Waals surface area contributed by atoms with Crippen molar-refractivity contribution >= 4 is 6.08 Å². The molecule has 0 bridgehead atoms. The van der Waals surface area contributed by atoms with E-state index in [0.717, 1.165) is 18.8 Å². The number of hydrogen-bond donors (Lipinski definition) is 1. The fourth-order valence-corrected chi connectivity index (χ4v) is 1.62. The summed E-state index contributed by atoms with van der Waals surface area (Å²) < 4.78 is 5.20. The van der Waals surface area contributed by atoms with E-state index in [0.29, 0.717) is 5.92 Å². The zero-order chi connectivity index (χ0) is 12.7. The zero-order valence-corrected chi connectivity index (χ0v) is 11.3. The second kappa shape index (κ2) is 7.13. The monoisotopic (exact) mass is 233 g/mol. The van der Waals surface area contributed by atoms with Gasteiger partial charge in [0.15, 0.2) is 0 Å².